The van der Waals surface area contributed by atoms with Gasteiger partial charge in [-0.05, 0) is 43.5 Å². The maximum absolute atomic E-state index is 11.9. The van der Waals surface area contributed by atoms with Crippen LogP contribution in [0.25, 0.3) is 0 Å². The number of likely N-dealkylation sites (N-methyl/N-ethyl adjacent to an activating group) is 1. The molecule has 1 aliphatic rings. The van der Waals surface area contributed by atoms with E-state index in [9.17, 15) is 9.59 Å². The summed E-state index contributed by atoms with van der Waals surface area (Å²) in [6.45, 7) is 2.09. The molecule has 0 spiro atoms. The van der Waals surface area contributed by atoms with Gasteiger partial charge in [0.1, 0.15) is 0 Å². The Balaban J connectivity index is 1.86. The molecule has 1 saturated heterocycles. The number of anilines is 1. The van der Waals surface area contributed by atoms with Gasteiger partial charge in [-0.2, -0.15) is 0 Å². The van der Waals surface area contributed by atoms with Gasteiger partial charge in [-0.3, -0.25) is 9.69 Å². The predicted molar refractivity (Wildman–Crippen MR) is 94.5 cm³/mol. The lowest BCUT2D eigenvalue weighted by atomic mass is 9.89. The Morgan fingerprint density at radius 2 is 1.96 bits per heavy atom. The number of nitrogens with zero attached hydrogens (tertiary/aromatic N) is 2. The van der Waals surface area contributed by atoms with Gasteiger partial charge in [0.05, 0.1) is 13.1 Å². The monoisotopic (exact) mass is 328 g/mol. The highest BCUT2D eigenvalue weighted by atomic mass is 16.2. The molecule has 0 unspecified atom stereocenters. The summed E-state index contributed by atoms with van der Waals surface area (Å²) in [6, 6.07) is 7.54. The number of rotatable bonds is 5. The number of nitrogens with one attached hydrogen (secondary N) is 1. The maximum atomic E-state index is 11.9. The highest BCUT2D eigenvalue weighted by molar-refractivity contribution is 5.92. The molecule has 6 nitrogen and oxygen atoms in total. The Kier molecular flexibility index (Phi) is 6.21. The molecular formula is C18H24N4O2. The fraction of sp³-hybridized carbons (Fsp3) is 0.444. The molecule has 1 aliphatic heterocycles. The Bertz CT molecular complexity index is 613. The molecule has 24 heavy (non-hydrogen) atoms. The molecule has 128 valence electrons. The number of carbonyl (C=O) groups excluding carboxylic acids is 2. The first-order chi connectivity index (χ1) is 11.5. The summed E-state index contributed by atoms with van der Waals surface area (Å²) in [4.78, 5) is 26.5. The van der Waals surface area contributed by atoms with E-state index in [1.165, 1.54) is 5.56 Å². The molecule has 3 amide bonds. The van der Waals surface area contributed by atoms with Gasteiger partial charge in [0.15, 0.2) is 0 Å². The van der Waals surface area contributed by atoms with Crippen LogP contribution in [0, 0.1) is 12.3 Å². The van der Waals surface area contributed by atoms with Crippen LogP contribution in [0.3, 0.4) is 0 Å². The lowest BCUT2D eigenvalue weighted by molar-refractivity contribution is -0.116. The number of hydrogen-bond acceptors (Lipinski definition) is 3. The number of piperidine rings is 1. The molecule has 0 radical (unpaired) electrons. The molecular weight excluding hydrogens is 304 g/mol. The number of nitrogens with two attached hydrogens (primary N) is 1. The number of hydrogen-bond donors (Lipinski definition) is 2. The number of urea groups is 1. The first-order valence-electron chi connectivity index (χ1n) is 8.05. The molecule has 0 aromatic heterocycles. The van der Waals surface area contributed by atoms with Crippen LogP contribution in [-0.2, 0) is 4.79 Å². The van der Waals surface area contributed by atoms with E-state index in [0.29, 0.717) is 25.6 Å². The fourth-order valence-electron chi connectivity index (χ4n) is 2.93. The van der Waals surface area contributed by atoms with Crippen LogP contribution in [0.15, 0.2) is 24.3 Å². The summed E-state index contributed by atoms with van der Waals surface area (Å²) in [5.74, 6) is 2.84. The zero-order valence-corrected chi connectivity index (χ0v) is 14.0. The summed E-state index contributed by atoms with van der Waals surface area (Å²) in [7, 11) is 1.81. The van der Waals surface area contributed by atoms with E-state index in [1.54, 1.807) is 16.8 Å². The van der Waals surface area contributed by atoms with Crippen LogP contribution in [0.5, 0.6) is 0 Å². The normalized spacial score (nSPS) is 15.1. The number of amides is 3. The minimum absolute atomic E-state index is 0.0877. The SMILES string of the molecule is C#CCN(C)CC(=O)Nc1ccc(C2CCN(C(N)=O)CC2)cc1. The molecule has 6 heteroatoms. The molecule has 0 bridgehead atoms. The summed E-state index contributed by atoms with van der Waals surface area (Å²) in [5.41, 5.74) is 7.30. The van der Waals surface area contributed by atoms with Crippen molar-refractivity contribution in [3.8, 4) is 12.3 Å². The van der Waals surface area contributed by atoms with Gasteiger partial charge < -0.3 is 16.0 Å². The quantitative estimate of drug-likeness (QED) is 0.803. The van der Waals surface area contributed by atoms with Crippen LogP contribution in [0.1, 0.15) is 24.3 Å². The van der Waals surface area contributed by atoms with Crippen molar-refractivity contribution in [2.75, 3.05) is 38.5 Å². The molecule has 0 aliphatic carbocycles. The fourth-order valence-corrected chi connectivity index (χ4v) is 2.93. The predicted octanol–water partition coefficient (Wildman–Crippen LogP) is 1.45. The maximum Gasteiger partial charge on any atom is 0.314 e. The highest BCUT2D eigenvalue weighted by Crippen LogP contribution is 2.28. The van der Waals surface area contributed by atoms with E-state index in [0.717, 1.165) is 18.5 Å². The van der Waals surface area contributed by atoms with Crippen molar-refractivity contribution >= 4 is 17.6 Å². The molecule has 1 heterocycles. The number of primary amides is 1. The van der Waals surface area contributed by atoms with Crippen molar-refractivity contribution in [1.82, 2.24) is 9.80 Å². The molecule has 2 rings (SSSR count). The summed E-state index contributed by atoms with van der Waals surface area (Å²) < 4.78 is 0. The number of terminal acetylenes is 1. The number of benzene rings is 1. The Labute approximate surface area is 143 Å². The van der Waals surface area contributed by atoms with Crippen LogP contribution in [0.4, 0.5) is 10.5 Å². The van der Waals surface area contributed by atoms with E-state index in [2.05, 4.69) is 11.2 Å². The average molecular weight is 328 g/mol. The third-order valence-corrected chi connectivity index (χ3v) is 4.25. The average Bonchev–Trinajstić information content (AvgIpc) is 2.55. The van der Waals surface area contributed by atoms with E-state index in [4.69, 9.17) is 12.2 Å². The van der Waals surface area contributed by atoms with Crippen molar-refractivity contribution < 1.29 is 9.59 Å². The third kappa shape index (κ3) is 5.00. The van der Waals surface area contributed by atoms with Gasteiger partial charge >= 0.3 is 6.03 Å². The van der Waals surface area contributed by atoms with Crippen molar-refractivity contribution in [3.05, 3.63) is 29.8 Å². The van der Waals surface area contributed by atoms with Gasteiger partial charge in [0.2, 0.25) is 5.91 Å². The topological polar surface area (TPSA) is 78.7 Å². The molecule has 0 atom stereocenters. The minimum atomic E-state index is -0.346. The summed E-state index contributed by atoms with van der Waals surface area (Å²) in [6.07, 6.45) is 7.03. The minimum Gasteiger partial charge on any atom is -0.351 e. The van der Waals surface area contributed by atoms with Crippen LogP contribution in [0.2, 0.25) is 0 Å². The third-order valence-electron chi connectivity index (χ3n) is 4.25. The van der Waals surface area contributed by atoms with Crippen molar-refractivity contribution in [2.45, 2.75) is 18.8 Å². The number of carbonyl (C=O) groups is 2. The molecule has 1 fully saturated rings. The van der Waals surface area contributed by atoms with E-state index >= 15 is 0 Å². The molecule has 1 aromatic rings. The lowest BCUT2D eigenvalue weighted by Crippen LogP contribution is -2.41. The second-order valence-electron chi connectivity index (χ2n) is 6.15. The Morgan fingerprint density at radius 3 is 2.50 bits per heavy atom. The van der Waals surface area contributed by atoms with Crippen LogP contribution < -0.4 is 11.1 Å². The second kappa shape index (κ2) is 8.37. The van der Waals surface area contributed by atoms with Gasteiger partial charge in [-0.15, -0.1) is 6.42 Å². The molecule has 1 aromatic carbocycles. The Morgan fingerprint density at radius 1 is 1.33 bits per heavy atom. The van der Waals surface area contributed by atoms with Crippen molar-refractivity contribution in [3.63, 3.8) is 0 Å². The second-order valence-corrected chi connectivity index (χ2v) is 6.15. The standard InChI is InChI=1S/C18H24N4O2/c1-3-10-21(2)13-17(23)20-16-6-4-14(5-7-16)15-8-11-22(12-9-15)18(19)24/h1,4-7,15H,8-13H2,2H3,(H2,19,24)(H,20,23). The van der Waals surface area contributed by atoms with Crippen molar-refractivity contribution in [2.24, 2.45) is 5.73 Å². The largest absolute Gasteiger partial charge is 0.351 e. The summed E-state index contributed by atoms with van der Waals surface area (Å²) >= 11 is 0. The molecule has 3 N–H and O–H groups in total. The van der Waals surface area contributed by atoms with Crippen LogP contribution in [-0.4, -0.2) is 55.0 Å². The Hall–Kier alpha value is -2.52. The van der Waals surface area contributed by atoms with Crippen molar-refractivity contribution in [1.29, 1.82) is 0 Å². The van der Waals surface area contributed by atoms with Gasteiger partial charge in [-0.25, -0.2) is 4.79 Å². The zero-order valence-electron chi connectivity index (χ0n) is 14.0. The van der Waals surface area contributed by atoms with Gasteiger partial charge in [0, 0.05) is 18.8 Å². The number of likely N-dealkylation sites (tertiary alicyclic amines) is 1. The molecule has 0 saturated carbocycles. The van der Waals surface area contributed by atoms with Gasteiger partial charge in [-0.1, -0.05) is 18.1 Å². The first kappa shape index (κ1) is 17.8. The van der Waals surface area contributed by atoms with E-state index in [-0.39, 0.29) is 18.5 Å². The van der Waals surface area contributed by atoms with E-state index in [1.807, 2.05) is 24.3 Å². The first-order valence-corrected chi connectivity index (χ1v) is 8.05. The highest BCUT2D eigenvalue weighted by Gasteiger charge is 2.22. The smallest absolute Gasteiger partial charge is 0.314 e. The lowest BCUT2D eigenvalue weighted by Gasteiger charge is -2.31. The summed E-state index contributed by atoms with van der Waals surface area (Å²) in [5, 5.41) is 2.86. The van der Waals surface area contributed by atoms with Crippen LogP contribution >= 0.6 is 0 Å². The van der Waals surface area contributed by atoms with Gasteiger partial charge in [0.25, 0.3) is 0 Å². The van der Waals surface area contributed by atoms with E-state index < -0.39 is 0 Å². The zero-order chi connectivity index (χ0) is 17.5.